The van der Waals surface area contributed by atoms with Crippen molar-refractivity contribution in [3.8, 4) is 0 Å². The van der Waals surface area contributed by atoms with Gasteiger partial charge in [0.25, 0.3) is 0 Å². The van der Waals surface area contributed by atoms with Crippen molar-refractivity contribution in [2.45, 2.75) is 11.8 Å². The maximum Gasteiger partial charge on any atom is 0.340 e. The van der Waals surface area contributed by atoms with Gasteiger partial charge in [-0.1, -0.05) is 29.9 Å². The summed E-state index contributed by atoms with van der Waals surface area (Å²) in [5.74, 6) is 0.0301. The highest BCUT2D eigenvalue weighted by molar-refractivity contribution is 7.98. The van der Waals surface area contributed by atoms with Crippen molar-refractivity contribution in [2.75, 3.05) is 16.1 Å². The molecule has 3 rings (SSSR count). The summed E-state index contributed by atoms with van der Waals surface area (Å²) in [6.07, 6.45) is 1.99. The summed E-state index contributed by atoms with van der Waals surface area (Å²) in [4.78, 5) is 16.8. The molecule has 0 atom stereocenters. The molecule has 2 amide bonds. The molecule has 0 aromatic heterocycles. The zero-order valence-corrected chi connectivity index (χ0v) is 14.4. The minimum Gasteiger partial charge on any atom is -0.281 e. The molecule has 1 aliphatic rings. The van der Waals surface area contributed by atoms with Gasteiger partial charge in [-0.2, -0.15) is 0 Å². The zero-order chi connectivity index (χ0) is 16.6. The zero-order valence-electron chi connectivity index (χ0n) is 12.7. The van der Waals surface area contributed by atoms with Crippen molar-refractivity contribution >= 4 is 52.2 Å². The number of carbonyl (C=O) groups is 1. The fourth-order valence-corrected chi connectivity index (χ4v) is 3.06. The van der Waals surface area contributed by atoms with Crippen LogP contribution in [0.5, 0.6) is 0 Å². The highest BCUT2D eigenvalue weighted by Crippen LogP contribution is 2.29. The minimum absolute atomic E-state index is 0.0301. The Kier molecular flexibility index (Phi) is 4.19. The SMILES string of the molecule is CSc1ccc(N2C(=N)C(=S)N(c3ccc(C)cc3)C2=O)cc1. The number of aryl methyl sites for hydroxylation is 1. The number of amides is 2. The largest absolute Gasteiger partial charge is 0.340 e. The number of urea groups is 1. The number of anilines is 2. The van der Waals surface area contributed by atoms with Crippen LogP contribution in [0.1, 0.15) is 5.56 Å². The monoisotopic (exact) mass is 341 g/mol. The van der Waals surface area contributed by atoms with Crippen molar-refractivity contribution in [2.24, 2.45) is 0 Å². The molecule has 0 saturated carbocycles. The molecule has 1 saturated heterocycles. The molecule has 0 radical (unpaired) electrons. The first-order chi connectivity index (χ1) is 11.0. The molecule has 0 bridgehead atoms. The normalized spacial score (nSPS) is 14.8. The molecule has 2 aromatic rings. The number of hydrogen-bond donors (Lipinski definition) is 1. The second-order valence-corrected chi connectivity index (χ2v) is 6.41. The van der Waals surface area contributed by atoms with Gasteiger partial charge in [-0.05, 0) is 49.6 Å². The van der Waals surface area contributed by atoms with Crippen LogP contribution in [-0.2, 0) is 0 Å². The Balaban J connectivity index is 1.97. The third-order valence-corrected chi connectivity index (χ3v) is 4.75. The third kappa shape index (κ3) is 2.75. The van der Waals surface area contributed by atoms with E-state index < -0.39 is 0 Å². The van der Waals surface area contributed by atoms with E-state index in [1.54, 1.807) is 11.8 Å². The number of nitrogens with zero attached hydrogens (tertiary/aromatic N) is 2. The van der Waals surface area contributed by atoms with Gasteiger partial charge in [0, 0.05) is 4.90 Å². The lowest BCUT2D eigenvalue weighted by Gasteiger charge is -2.17. The van der Waals surface area contributed by atoms with Gasteiger partial charge in [-0.3, -0.25) is 5.41 Å². The molecule has 1 heterocycles. The molecule has 1 aliphatic heterocycles. The van der Waals surface area contributed by atoms with E-state index in [9.17, 15) is 4.79 Å². The van der Waals surface area contributed by atoms with Crippen molar-refractivity contribution in [3.05, 3.63) is 54.1 Å². The molecular formula is C17H15N3OS2. The number of thioether (sulfide) groups is 1. The minimum atomic E-state index is -0.319. The molecule has 1 fully saturated rings. The fraction of sp³-hybridized carbons (Fsp3) is 0.118. The first-order valence-corrected chi connectivity index (χ1v) is 8.64. The molecule has 0 unspecified atom stereocenters. The summed E-state index contributed by atoms with van der Waals surface area (Å²) in [6.45, 7) is 1.98. The third-order valence-electron chi connectivity index (χ3n) is 3.63. The van der Waals surface area contributed by atoms with Crippen LogP contribution in [0.4, 0.5) is 16.2 Å². The van der Waals surface area contributed by atoms with Crippen molar-refractivity contribution in [1.29, 1.82) is 5.41 Å². The van der Waals surface area contributed by atoms with Crippen LogP contribution in [-0.4, -0.2) is 23.1 Å². The average Bonchev–Trinajstić information content (AvgIpc) is 2.78. The Hall–Kier alpha value is -2.18. The Morgan fingerprint density at radius 3 is 2.04 bits per heavy atom. The molecule has 2 aromatic carbocycles. The second-order valence-electron chi connectivity index (χ2n) is 5.14. The first-order valence-electron chi connectivity index (χ1n) is 7.00. The van der Waals surface area contributed by atoms with Crippen LogP contribution in [0, 0.1) is 12.3 Å². The van der Waals surface area contributed by atoms with E-state index in [-0.39, 0.29) is 16.9 Å². The summed E-state index contributed by atoms with van der Waals surface area (Å²) in [6, 6.07) is 14.7. The molecule has 6 heteroatoms. The topological polar surface area (TPSA) is 47.4 Å². The fourth-order valence-electron chi connectivity index (χ4n) is 2.38. The van der Waals surface area contributed by atoms with Crippen molar-refractivity contribution in [3.63, 3.8) is 0 Å². The number of benzene rings is 2. The maximum absolute atomic E-state index is 12.8. The molecule has 23 heavy (non-hydrogen) atoms. The van der Waals surface area contributed by atoms with Crippen LogP contribution in [0.15, 0.2) is 53.4 Å². The average molecular weight is 341 g/mol. The highest BCUT2D eigenvalue weighted by atomic mass is 32.2. The number of nitrogens with one attached hydrogen (secondary N) is 1. The predicted octanol–water partition coefficient (Wildman–Crippen LogP) is 4.47. The molecular weight excluding hydrogens is 326 g/mol. The number of thiocarbonyl (C=S) groups is 1. The molecule has 0 spiro atoms. The smallest absolute Gasteiger partial charge is 0.281 e. The Morgan fingerprint density at radius 1 is 0.957 bits per heavy atom. The van der Waals surface area contributed by atoms with Gasteiger partial charge >= 0.3 is 6.03 Å². The van der Waals surface area contributed by atoms with E-state index in [0.717, 1.165) is 10.5 Å². The van der Waals surface area contributed by atoms with E-state index in [1.165, 1.54) is 9.80 Å². The quantitative estimate of drug-likeness (QED) is 0.662. The summed E-state index contributed by atoms with van der Waals surface area (Å²) < 4.78 is 0. The van der Waals surface area contributed by atoms with Crippen LogP contribution in [0.2, 0.25) is 0 Å². The summed E-state index contributed by atoms with van der Waals surface area (Å²) in [5, 5.41) is 8.22. The summed E-state index contributed by atoms with van der Waals surface area (Å²) >= 11 is 6.94. The predicted molar refractivity (Wildman–Crippen MR) is 100 cm³/mol. The van der Waals surface area contributed by atoms with E-state index >= 15 is 0 Å². The Morgan fingerprint density at radius 2 is 1.48 bits per heavy atom. The van der Waals surface area contributed by atoms with E-state index in [1.807, 2.05) is 61.7 Å². The van der Waals surface area contributed by atoms with Gasteiger partial charge in [0.15, 0.2) is 10.8 Å². The second kappa shape index (κ2) is 6.14. The van der Waals surface area contributed by atoms with Gasteiger partial charge in [-0.15, -0.1) is 11.8 Å². The van der Waals surface area contributed by atoms with Crippen LogP contribution >= 0.6 is 24.0 Å². The van der Waals surface area contributed by atoms with E-state index in [4.69, 9.17) is 17.6 Å². The lowest BCUT2D eigenvalue weighted by molar-refractivity contribution is 0.257. The van der Waals surface area contributed by atoms with Gasteiger partial charge < -0.3 is 0 Å². The first kappa shape index (κ1) is 15.7. The molecule has 4 nitrogen and oxygen atoms in total. The lowest BCUT2D eigenvalue weighted by atomic mass is 10.2. The molecule has 116 valence electrons. The maximum atomic E-state index is 12.8. The van der Waals surface area contributed by atoms with Crippen LogP contribution in [0.25, 0.3) is 0 Å². The summed E-state index contributed by atoms with van der Waals surface area (Å²) in [5.41, 5.74) is 2.43. The number of amidine groups is 1. The lowest BCUT2D eigenvalue weighted by Crippen LogP contribution is -2.33. The molecule has 0 aliphatic carbocycles. The van der Waals surface area contributed by atoms with Crippen LogP contribution < -0.4 is 9.80 Å². The molecule has 1 N–H and O–H groups in total. The Labute approximate surface area is 144 Å². The van der Waals surface area contributed by atoms with E-state index in [0.29, 0.717) is 11.4 Å². The summed E-state index contributed by atoms with van der Waals surface area (Å²) in [7, 11) is 0. The number of hydrogen-bond acceptors (Lipinski definition) is 4. The van der Waals surface area contributed by atoms with Gasteiger partial charge in [0.1, 0.15) is 0 Å². The van der Waals surface area contributed by atoms with Crippen molar-refractivity contribution in [1.82, 2.24) is 0 Å². The number of rotatable bonds is 3. The van der Waals surface area contributed by atoms with Crippen molar-refractivity contribution < 1.29 is 4.79 Å². The van der Waals surface area contributed by atoms with E-state index in [2.05, 4.69) is 0 Å². The number of carbonyl (C=O) groups excluding carboxylic acids is 1. The van der Waals surface area contributed by atoms with Gasteiger partial charge in [0.2, 0.25) is 0 Å². The highest BCUT2D eigenvalue weighted by Gasteiger charge is 2.40. The van der Waals surface area contributed by atoms with Gasteiger partial charge in [-0.25, -0.2) is 14.6 Å². The Bertz CT molecular complexity index is 784. The van der Waals surface area contributed by atoms with Gasteiger partial charge in [0.05, 0.1) is 11.4 Å². The standard InChI is InChI=1S/C17H15N3OS2/c1-11-3-5-13(6-4-11)20-16(22)15(18)19(17(20)21)12-7-9-14(23-2)10-8-12/h3-10,18H,1-2H3. The van der Waals surface area contributed by atoms with Crippen LogP contribution in [0.3, 0.4) is 0 Å².